The van der Waals surface area contributed by atoms with E-state index in [0.29, 0.717) is 24.9 Å². The molecule has 3 aromatic carbocycles. The van der Waals surface area contributed by atoms with Crippen molar-refractivity contribution in [1.29, 1.82) is 0 Å². The van der Waals surface area contributed by atoms with E-state index in [9.17, 15) is 9.59 Å². The molecule has 0 aliphatic carbocycles. The van der Waals surface area contributed by atoms with Crippen LogP contribution in [0.1, 0.15) is 27.9 Å². The van der Waals surface area contributed by atoms with Crippen LogP contribution in [0.15, 0.2) is 60.7 Å². The smallest absolute Gasteiger partial charge is 0.251 e. The summed E-state index contributed by atoms with van der Waals surface area (Å²) in [7, 11) is 0. The molecule has 3 aromatic rings. The molecular formula is C21H18N2O2. The number of amides is 2. The maximum atomic E-state index is 12.5. The Hall–Kier alpha value is -3.14. The van der Waals surface area contributed by atoms with Crippen molar-refractivity contribution >= 4 is 28.3 Å². The number of fused-ring (bicyclic) bond motifs is 2. The molecule has 4 rings (SSSR count). The Balaban J connectivity index is 1.51. The molecule has 0 saturated heterocycles. The van der Waals surface area contributed by atoms with E-state index in [1.54, 1.807) is 12.1 Å². The molecule has 4 nitrogen and oxygen atoms in total. The minimum Gasteiger partial charge on any atom is -0.348 e. The fraction of sp³-hybridized carbons (Fsp3) is 0.143. The molecular weight excluding hydrogens is 312 g/mol. The second-order valence-corrected chi connectivity index (χ2v) is 6.24. The summed E-state index contributed by atoms with van der Waals surface area (Å²) in [6.45, 7) is 0.480. The lowest BCUT2D eigenvalue weighted by Crippen LogP contribution is -2.24. The van der Waals surface area contributed by atoms with Gasteiger partial charge in [0, 0.05) is 24.2 Å². The summed E-state index contributed by atoms with van der Waals surface area (Å²) < 4.78 is 0. The van der Waals surface area contributed by atoms with Crippen molar-refractivity contribution in [2.24, 2.45) is 0 Å². The van der Waals surface area contributed by atoms with Crippen LogP contribution in [0.3, 0.4) is 0 Å². The number of carbonyl (C=O) groups excluding carboxylic acids is 2. The van der Waals surface area contributed by atoms with Gasteiger partial charge in [0.2, 0.25) is 5.91 Å². The van der Waals surface area contributed by atoms with E-state index >= 15 is 0 Å². The second kappa shape index (κ2) is 6.40. The first kappa shape index (κ1) is 15.4. The molecule has 0 atom stereocenters. The first-order valence-corrected chi connectivity index (χ1v) is 8.38. The van der Waals surface area contributed by atoms with E-state index in [-0.39, 0.29) is 11.8 Å². The van der Waals surface area contributed by atoms with Crippen LogP contribution < -0.4 is 10.6 Å². The molecule has 0 saturated carbocycles. The van der Waals surface area contributed by atoms with Gasteiger partial charge < -0.3 is 10.6 Å². The van der Waals surface area contributed by atoms with Gasteiger partial charge in [-0.25, -0.2) is 0 Å². The van der Waals surface area contributed by atoms with Crippen LogP contribution in [0.25, 0.3) is 10.8 Å². The van der Waals surface area contributed by atoms with Crippen LogP contribution in [0, 0.1) is 0 Å². The average molecular weight is 330 g/mol. The normalized spacial score (nSPS) is 13.2. The number of hydrogen-bond acceptors (Lipinski definition) is 2. The van der Waals surface area contributed by atoms with Crippen LogP contribution in [-0.2, 0) is 17.8 Å². The Labute approximate surface area is 145 Å². The van der Waals surface area contributed by atoms with Gasteiger partial charge in [-0.15, -0.1) is 0 Å². The number of carbonyl (C=O) groups is 2. The standard InChI is InChI=1S/C21H18N2O2/c24-20-11-9-15-12-16(8-10-19(15)23-20)21(25)22-13-17-6-3-5-14-4-1-2-7-18(14)17/h1-8,10,12H,9,11,13H2,(H,22,25)(H,23,24). The molecule has 0 spiro atoms. The second-order valence-electron chi connectivity index (χ2n) is 6.24. The zero-order valence-electron chi connectivity index (χ0n) is 13.7. The van der Waals surface area contributed by atoms with E-state index < -0.39 is 0 Å². The Morgan fingerprint density at radius 2 is 1.84 bits per heavy atom. The van der Waals surface area contributed by atoms with Crippen LogP contribution >= 0.6 is 0 Å². The molecule has 2 amide bonds. The maximum Gasteiger partial charge on any atom is 0.251 e. The highest BCUT2D eigenvalue weighted by molar-refractivity contribution is 5.98. The highest BCUT2D eigenvalue weighted by atomic mass is 16.2. The highest BCUT2D eigenvalue weighted by Gasteiger charge is 2.16. The van der Waals surface area contributed by atoms with Gasteiger partial charge in [-0.1, -0.05) is 42.5 Å². The van der Waals surface area contributed by atoms with E-state index in [4.69, 9.17) is 0 Å². The van der Waals surface area contributed by atoms with Gasteiger partial charge in [0.25, 0.3) is 5.91 Å². The third-order valence-electron chi connectivity index (χ3n) is 4.58. The zero-order valence-corrected chi connectivity index (χ0v) is 13.7. The first-order chi connectivity index (χ1) is 12.2. The molecule has 25 heavy (non-hydrogen) atoms. The molecule has 0 unspecified atom stereocenters. The average Bonchev–Trinajstić information content (AvgIpc) is 2.65. The fourth-order valence-corrected chi connectivity index (χ4v) is 3.25. The van der Waals surface area contributed by atoms with Crippen molar-refractivity contribution in [2.45, 2.75) is 19.4 Å². The molecule has 0 fully saturated rings. The molecule has 1 aliphatic heterocycles. The molecule has 2 N–H and O–H groups in total. The summed E-state index contributed by atoms with van der Waals surface area (Å²) >= 11 is 0. The third kappa shape index (κ3) is 3.11. The molecule has 1 aliphatic rings. The molecule has 1 heterocycles. The lowest BCUT2D eigenvalue weighted by molar-refractivity contribution is -0.116. The minimum absolute atomic E-state index is 0.0284. The van der Waals surface area contributed by atoms with Crippen molar-refractivity contribution in [3.8, 4) is 0 Å². The predicted octanol–water partition coefficient (Wildman–Crippen LogP) is 3.65. The van der Waals surface area contributed by atoms with Crippen LogP contribution in [-0.4, -0.2) is 11.8 Å². The van der Waals surface area contributed by atoms with Crippen molar-refractivity contribution in [3.63, 3.8) is 0 Å². The van der Waals surface area contributed by atoms with Crippen molar-refractivity contribution in [2.75, 3.05) is 5.32 Å². The molecule has 0 radical (unpaired) electrons. The van der Waals surface area contributed by atoms with Gasteiger partial charge in [0.1, 0.15) is 0 Å². The molecule has 4 heteroatoms. The van der Waals surface area contributed by atoms with Gasteiger partial charge >= 0.3 is 0 Å². The van der Waals surface area contributed by atoms with E-state index in [0.717, 1.165) is 22.2 Å². The number of benzene rings is 3. The quantitative estimate of drug-likeness (QED) is 0.770. The SMILES string of the molecule is O=C1CCc2cc(C(=O)NCc3cccc4ccccc34)ccc2N1. The lowest BCUT2D eigenvalue weighted by Gasteiger charge is -2.17. The predicted molar refractivity (Wildman–Crippen MR) is 98.5 cm³/mol. The van der Waals surface area contributed by atoms with Crippen molar-refractivity contribution < 1.29 is 9.59 Å². The topological polar surface area (TPSA) is 58.2 Å². The summed E-state index contributed by atoms with van der Waals surface area (Å²) in [4.78, 5) is 23.9. The van der Waals surface area contributed by atoms with E-state index in [1.807, 2.05) is 30.3 Å². The molecule has 124 valence electrons. The third-order valence-corrected chi connectivity index (χ3v) is 4.58. The Kier molecular flexibility index (Phi) is 3.94. The van der Waals surface area contributed by atoms with Gasteiger partial charge in [-0.05, 0) is 46.5 Å². The fourth-order valence-electron chi connectivity index (χ4n) is 3.25. The zero-order chi connectivity index (χ0) is 17.2. The summed E-state index contributed by atoms with van der Waals surface area (Å²) in [5.74, 6) is -0.0757. The van der Waals surface area contributed by atoms with Crippen molar-refractivity contribution in [3.05, 3.63) is 77.4 Å². The molecule has 0 bridgehead atoms. The summed E-state index contributed by atoms with van der Waals surface area (Å²) in [5.41, 5.74) is 3.53. The van der Waals surface area contributed by atoms with Crippen LogP contribution in [0.4, 0.5) is 5.69 Å². The van der Waals surface area contributed by atoms with E-state index in [2.05, 4.69) is 28.8 Å². The number of anilines is 1. The Morgan fingerprint density at radius 1 is 1.00 bits per heavy atom. The number of hydrogen-bond donors (Lipinski definition) is 2. The summed E-state index contributed by atoms with van der Waals surface area (Å²) in [6, 6.07) is 19.7. The maximum absolute atomic E-state index is 12.5. The summed E-state index contributed by atoms with van der Waals surface area (Å²) in [6.07, 6.45) is 1.14. The number of aryl methyl sites for hydroxylation is 1. The first-order valence-electron chi connectivity index (χ1n) is 8.38. The van der Waals surface area contributed by atoms with Gasteiger partial charge in [0.15, 0.2) is 0 Å². The van der Waals surface area contributed by atoms with E-state index in [1.165, 1.54) is 5.39 Å². The Morgan fingerprint density at radius 3 is 2.76 bits per heavy atom. The van der Waals surface area contributed by atoms with Crippen LogP contribution in [0.5, 0.6) is 0 Å². The van der Waals surface area contributed by atoms with Gasteiger partial charge in [-0.3, -0.25) is 9.59 Å². The highest BCUT2D eigenvalue weighted by Crippen LogP contribution is 2.24. The minimum atomic E-state index is -0.104. The van der Waals surface area contributed by atoms with Gasteiger partial charge in [0.05, 0.1) is 0 Å². The Bertz CT molecular complexity index is 973. The van der Waals surface area contributed by atoms with Crippen LogP contribution in [0.2, 0.25) is 0 Å². The number of rotatable bonds is 3. The molecule has 0 aromatic heterocycles. The monoisotopic (exact) mass is 330 g/mol. The number of nitrogens with one attached hydrogen (secondary N) is 2. The summed E-state index contributed by atoms with van der Waals surface area (Å²) in [5, 5.41) is 8.15. The largest absolute Gasteiger partial charge is 0.348 e. The van der Waals surface area contributed by atoms with Crippen molar-refractivity contribution in [1.82, 2.24) is 5.32 Å². The van der Waals surface area contributed by atoms with Gasteiger partial charge in [-0.2, -0.15) is 0 Å². The lowest BCUT2D eigenvalue weighted by atomic mass is 10.00.